The van der Waals surface area contributed by atoms with Gasteiger partial charge in [-0.3, -0.25) is 9.69 Å². The number of benzene rings is 1. The minimum absolute atomic E-state index is 0.0804. The van der Waals surface area contributed by atoms with Crippen LogP contribution in [0.15, 0.2) is 30.5 Å². The van der Waals surface area contributed by atoms with Crippen molar-refractivity contribution in [2.24, 2.45) is 0 Å². The number of nitrogens with zero attached hydrogens (tertiary/aromatic N) is 5. The van der Waals surface area contributed by atoms with Gasteiger partial charge in [0.2, 0.25) is 10.0 Å². The number of carbonyl (C=O) groups excluding carboxylic acids is 1. The molecule has 0 spiro atoms. The van der Waals surface area contributed by atoms with Crippen LogP contribution >= 0.6 is 0 Å². The third-order valence-corrected chi connectivity index (χ3v) is 6.86. The number of carbonyl (C=O) groups is 1. The highest BCUT2D eigenvalue weighted by atomic mass is 32.2. The van der Waals surface area contributed by atoms with E-state index in [1.54, 1.807) is 15.8 Å². The Morgan fingerprint density at radius 1 is 1.27 bits per heavy atom. The molecule has 0 amide bonds. The molecule has 1 atom stereocenters. The summed E-state index contributed by atoms with van der Waals surface area (Å²) in [6, 6.07) is 7.00. The van der Waals surface area contributed by atoms with E-state index >= 15 is 0 Å². The summed E-state index contributed by atoms with van der Waals surface area (Å²) in [5.41, 5.74) is 2.65. The summed E-state index contributed by atoms with van der Waals surface area (Å²) in [6.45, 7) is 2.97. The van der Waals surface area contributed by atoms with Crippen molar-refractivity contribution >= 4 is 16.0 Å². The first-order chi connectivity index (χ1) is 14.3. The van der Waals surface area contributed by atoms with Gasteiger partial charge in [0.1, 0.15) is 6.04 Å². The SMILES string of the molecule is COC(=O)C1CN(CCO)CCS(=O)(=O)N1Cc1cn(Cc2ccc(C)cc2)nn1. The van der Waals surface area contributed by atoms with Crippen LogP contribution in [0.25, 0.3) is 0 Å². The molecule has 3 rings (SSSR count). The smallest absolute Gasteiger partial charge is 0.325 e. The van der Waals surface area contributed by atoms with E-state index in [4.69, 9.17) is 4.74 Å². The second-order valence-corrected chi connectivity index (χ2v) is 9.36. The summed E-state index contributed by atoms with van der Waals surface area (Å²) in [7, 11) is -2.51. The molecule has 1 fully saturated rings. The maximum absolute atomic E-state index is 12.9. The van der Waals surface area contributed by atoms with Gasteiger partial charge in [0.25, 0.3) is 0 Å². The normalized spacial score (nSPS) is 20.0. The van der Waals surface area contributed by atoms with Gasteiger partial charge < -0.3 is 9.84 Å². The Labute approximate surface area is 176 Å². The molecule has 10 nitrogen and oxygen atoms in total. The Morgan fingerprint density at radius 3 is 2.67 bits per heavy atom. The van der Waals surface area contributed by atoms with E-state index in [2.05, 4.69) is 10.3 Å². The third kappa shape index (κ3) is 5.42. The lowest BCUT2D eigenvalue weighted by Crippen LogP contribution is -2.48. The maximum Gasteiger partial charge on any atom is 0.325 e. The van der Waals surface area contributed by atoms with Gasteiger partial charge in [-0.1, -0.05) is 35.0 Å². The van der Waals surface area contributed by atoms with Crippen LogP contribution in [0.5, 0.6) is 0 Å². The van der Waals surface area contributed by atoms with E-state index in [-0.39, 0.29) is 38.5 Å². The molecule has 1 aliphatic heterocycles. The van der Waals surface area contributed by atoms with Crippen molar-refractivity contribution in [1.82, 2.24) is 24.2 Å². The second kappa shape index (κ2) is 9.65. The van der Waals surface area contributed by atoms with Crippen molar-refractivity contribution in [3.63, 3.8) is 0 Å². The molecule has 1 aliphatic rings. The molecule has 0 saturated carbocycles. The number of aryl methyl sites for hydroxylation is 1. The molecule has 2 heterocycles. The number of hydrogen-bond donors (Lipinski definition) is 1. The van der Waals surface area contributed by atoms with E-state index in [1.165, 1.54) is 7.11 Å². The van der Waals surface area contributed by atoms with E-state index in [1.807, 2.05) is 31.2 Å². The van der Waals surface area contributed by atoms with Crippen molar-refractivity contribution in [3.8, 4) is 0 Å². The van der Waals surface area contributed by atoms with Crippen LogP contribution in [0.1, 0.15) is 16.8 Å². The number of β-amino-alcohol motifs (C(OH)–C–C–N with tert-alkyl or cyclic N) is 1. The highest BCUT2D eigenvalue weighted by Crippen LogP contribution is 2.19. The molecule has 11 heteroatoms. The number of ether oxygens (including phenoxy) is 1. The van der Waals surface area contributed by atoms with Gasteiger partial charge >= 0.3 is 5.97 Å². The fraction of sp³-hybridized carbons (Fsp3) is 0.526. The van der Waals surface area contributed by atoms with Gasteiger partial charge in [0.15, 0.2) is 0 Å². The predicted octanol–water partition coefficient (Wildman–Crippen LogP) is -0.384. The molecule has 2 aromatic rings. The monoisotopic (exact) mass is 437 g/mol. The zero-order valence-corrected chi connectivity index (χ0v) is 18.0. The molecule has 1 aromatic carbocycles. The summed E-state index contributed by atoms with van der Waals surface area (Å²) < 4.78 is 33.4. The van der Waals surface area contributed by atoms with Crippen molar-refractivity contribution in [1.29, 1.82) is 0 Å². The van der Waals surface area contributed by atoms with Crippen LogP contribution in [0.3, 0.4) is 0 Å². The number of hydrogen-bond acceptors (Lipinski definition) is 8. The molecule has 1 aromatic heterocycles. The molecule has 30 heavy (non-hydrogen) atoms. The Kier molecular flexibility index (Phi) is 7.19. The summed E-state index contributed by atoms with van der Waals surface area (Å²) in [4.78, 5) is 14.1. The summed E-state index contributed by atoms with van der Waals surface area (Å²) in [5, 5.41) is 17.4. The van der Waals surface area contributed by atoms with E-state index in [0.29, 0.717) is 12.2 Å². The maximum atomic E-state index is 12.9. The van der Waals surface area contributed by atoms with E-state index in [9.17, 15) is 18.3 Å². The summed E-state index contributed by atoms with van der Waals surface area (Å²) in [6.07, 6.45) is 1.68. The number of aliphatic hydroxyl groups excluding tert-OH is 1. The van der Waals surface area contributed by atoms with Crippen LogP contribution < -0.4 is 0 Å². The minimum Gasteiger partial charge on any atom is -0.468 e. The van der Waals surface area contributed by atoms with Gasteiger partial charge in [-0.05, 0) is 12.5 Å². The third-order valence-electron chi connectivity index (χ3n) is 5.06. The fourth-order valence-electron chi connectivity index (χ4n) is 3.39. The van der Waals surface area contributed by atoms with Gasteiger partial charge in [-0.15, -0.1) is 5.10 Å². The number of sulfonamides is 1. The standard InChI is InChI=1S/C19H27N5O5S/c1-15-3-5-16(6-4-15)11-23-12-17(20-21-23)13-24-18(19(26)29-2)14-22(7-9-25)8-10-30(24,27)28/h3-6,12,18,25H,7-11,13-14H2,1-2H3. The number of esters is 1. The highest BCUT2D eigenvalue weighted by molar-refractivity contribution is 7.89. The average Bonchev–Trinajstić information content (AvgIpc) is 3.11. The van der Waals surface area contributed by atoms with Crippen LogP contribution in [-0.2, 0) is 32.6 Å². The first-order valence-electron chi connectivity index (χ1n) is 9.67. The molecule has 0 aliphatic carbocycles. The molecule has 1 N–H and O–H groups in total. The quantitative estimate of drug-likeness (QED) is 0.583. The van der Waals surface area contributed by atoms with Gasteiger partial charge in [-0.2, -0.15) is 4.31 Å². The van der Waals surface area contributed by atoms with Gasteiger partial charge in [0, 0.05) is 19.6 Å². The summed E-state index contributed by atoms with van der Waals surface area (Å²) >= 11 is 0. The molecular formula is C19H27N5O5S. The topological polar surface area (TPSA) is 118 Å². The average molecular weight is 438 g/mol. The first-order valence-corrected chi connectivity index (χ1v) is 11.3. The van der Waals surface area contributed by atoms with Gasteiger partial charge in [0.05, 0.1) is 44.4 Å². The molecule has 0 radical (unpaired) electrons. The Hall–Kier alpha value is -2.34. The van der Waals surface area contributed by atoms with Crippen molar-refractivity contribution < 1.29 is 23.1 Å². The van der Waals surface area contributed by atoms with Crippen LogP contribution in [-0.4, -0.2) is 88.8 Å². The largest absolute Gasteiger partial charge is 0.468 e. The first kappa shape index (κ1) is 22.3. The van der Waals surface area contributed by atoms with Crippen molar-refractivity contribution in [3.05, 3.63) is 47.3 Å². The molecular weight excluding hydrogens is 410 g/mol. The summed E-state index contributed by atoms with van der Waals surface area (Å²) in [5.74, 6) is -0.798. The Balaban J connectivity index is 1.80. The lowest BCUT2D eigenvalue weighted by molar-refractivity contribution is -0.145. The lowest BCUT2D eigenvalue weighted by atomic mass is 10.1. The lowest BCUT2D eigenvalue weighted by Gasteiger charge is -2.27. The molecule has 1 unspecified atom stereocenters. The van der Waals surface area contributed by atoms with E-state index in [0.717, 1.165) is 15.4 Å². The Bertz CT molecular complexity index is 960. The molecule has 164 valence electrons. The van der Waals surface area contributed by atoms with Crippen molar-refractivity contribution in [2.45, 2.75) is 26.1 Å². The minimum atomic E-state index is -3.74. The van der Waals surface area contributed by atoms with Crippen LogP contribution in [0.2, 0.25) is 0 Å². The van der Waals surface area contributed by atoms with Crippen LogP contribution in [0.4, 0.5) is 0 Å². The zero-order valence-electron chi connectivity index (χ0n) is 17.1. The molecule has 0 bridgehead atoms. The second-order valence-electron chi connectivity index (χ2n) is 7.32. The zero-order chi connectivity index (χ0) is 21.7. The van der Waals surface area contributed by atoms with Crippen LogP contribution in [0, 0.1) is 6.92 Å². The van der Waals surface area contributed by atoms with E-state index < -0.39 is 22.0 Å². The number of methoxy groups -OCH3 is 1. The van der Waals surface area contributed by atoms with Gasteiger partial charge in [-0.25, -0.2) is 13.1 Å². The number of aromatic nitrogens is 3. The van der Waals surface area contributed by atoms with Crippen molar-refractivity contribution in [2.75, 3.05) is 39.1 Å². The fourth-order valence-corrected chi connectivity index (χ4v) is 4.99. The Morgan fingerprint density at radius 2 is 2.00 bits per heavy atom. The highest BCUT2D eigenvalue weighted by Gasteiger charge is 2.40. The predicted molar refractivity (Wildman–Crippen MR) is 109 cm³/mol. The number of rotatable bonds is 7. The molecule has 1 saturated heterocycles. The number of aliphatic hydroxyl groups is 1.